The van der Waals surface area contributed by atoms with E-state index in [1.165, 1.54) is 18.2 Å². The van der Waals surface area contributed by atoms with Crippen molar-refractivity contribution in [3.05, 3.63) is 71.5 Å². The fourth-order valence-corrected chi connectivity index (χ4v) is 2.61. The lowest BCUT2D eigenvalue weighted by Crippen LogP contribution is -2.44. The van der Waals surface area contributed by atoms with Gasteiger partial charge >= 0.3 is 12.1 Å². The van der Waals surface area contributed by atoms with Crippen LogP contribution in [-0.4, -0.2) is 46.9 Å². The van der Waals surface area contributed by atoms with Gasteiger partial charge in [0.25, 0.3) is 0 Å². The van der Waals surface area contributed by atoms with Crippen LogP contribution in [-0.2, 0) is 27.4 Å². The molecule has 30 heavy (non-hydrogen) atoms. The standard InChI is InChI=1S/C21H23FN2O6/c22-16-8-4-7-15(9-16)10-18(20(27)28)24-19(26)11-17(25)12-23-21(29)30-13-14-5-2-1-3-6-14/h1-9,17-18,25H,10-13H2,(H,23,29)(H,24,26)(H,27,28)/t17-,18-/m1/s1. The van der Waals surface area contributed by atoms with Crippen molar-refractivity contribution >= 4 is 18.0 Å². The Morgan fingerprint density at radius 3 is 2.40 bits per heavy atom. The first-order chi connectivity index (χ1) is 14.3. The molecule has 0 aliphatic heterocycles. The normalized spacial score (nSPS) is 12.5. The topological polar surface area (TPSA) is 125 Å². The lowest BCUT2D eigenvalue weighted by molar-refractivity contribution is -0.142. The van der Waals surface area contributed by atoms with E-state index in [1.54, 1.807) is 30.3 Å². The first kappa shape index (κ1) is 22.8. The molecule has 2 atom stereocenters. The number of aliphatic hydroxyl groups excluding tert-OH is 1. The molecule has 0 aliphatic carbocycles. The van der Waals surface area contributed by atoms with Gasteiger partial charge in [0.1, 0.15) is 18.5 Å². The van der Waals surface area contributed by atoms with Gasteiger partial charge in [0.05, 0.1) is 12.5 Å². The fraction of sp³-hybridized carbons (Fsp3) is 0.286. The summed E-state index contributed by atoms with van der Waals surface area (Å²) in [6.45, 7) is -0.188. The van der Waals surface area contributed by atoms with Gasteiger partial charge in [-0.05, 0) is 23.3 Å². The summed E-state index contributed by atoms with van der Waals surface area (Å²) in [6, 6.07) is 13.1. The third-order valence-electron chi connectivity index (χ3n) is 4.08. The second-order valence-electron chi connectivity index (χ2n) is 6.59. The summed E-state index contributed by atoms with van der Waals surface area (Å²) in [6.07, 6.45) is -2.53. The Morgan fingerprint density at radius 2 is 1.73 bits per heavy atom. The van der Waals surface area contributed by atoms with Crippen LogP contribution in [0.3, 0.4) is 0 Å². The Bertz CT molecular complexity index is 862. The molecular formula is C21H23FN2O6. The SMILES string of the molecule is O=C(C[C@@H](O)CNC(=O)OCc1ccccc1)N[C@H](Cc1cccc(F)c1)C(=O)O. The number of hydrogen-bond donors (Lipinski definition) is 4. The second-order valence-corrected chi connectivity index (χ2v) is 6.59. The smallest absolute Gasteiger partial charge is 0.407 e. The van der Waals surface area contributed by atoms with E-state index in [4.69, 9.17) is 4.74 Å². The maximum absolute atomic E-state index is 13.2. The summed E-state index contributed by atoms with van der Waals surface area (Å²) >= 11 is 0. The predicted octanol–water partition coefficient (Wildman–Crippen LogP) is 1.61. The number of carbonyl (C=O) groups is 3. The monoisotopic (exact) mass is 418 g/mol. The number of benzene rings is 2. The van der Waals surface area contributed by atoms with Gasteiger partial charge in [0, 0.05) is 13.0 Å². The molecule has 0 aromatic heterocycles. The number of alkyl carbamates (subject to hydrolysis) is 1. The molecule has 8 nitrogen and oxygen atoms in total. The summed E-state index contributed by atoms with van der Waals surface area (Å²) in [4.78, 5) is 35.0. The van der Waals surface area contributed by atoms with E-state index in [1.807, 2.05) is 6.07 Å². The van der Waals surface area contributed by atoms with Gasteiger partial charge in [-0.3, -0.25) is 4.79 Å². The van der Waals surface area contributed by atoms with Crippen molar-refractivity contribution < 1.29 is 33.7 Å². The van der Waals surface area contributed by atoms with Crippen LogP contribution in [0.2, 0.25) is 0 Å². The first-order valence-corrected chi connectivity index (χ1v) is 9.22. The molecule has 0 aliphatic rings. The van der Waals surface area contributed by atoms with Crippen molar-refractivity contribution in [3.8, 4) is 0 Å². The number of nitrogens with one attached hydrogen (secondary N) is 2. The highest BCUT2D eigenvalue weighted by atomic mass is 19.1. The molecule has 0 saturated heterocycles. The highest BCUT2D eigenvalue weighted by Gasteiger charge is 2.22. The van der Waals surface area contributed by atoms with Crippen molar-refractivity contribution in [2.75, 3.05) is 6.54 Å². The minimum atomic E-state index is -1.29. The Balaban J connectivity index is 1.73. The van der Waals surface area contributed by atoms with E-state index in [9.17, 15) is 29.0 Å². The lowest BCUT2D eigenvalue weighted by atomic mass is 10.1. The number of halogens is 1. The predicted molar refractivity (Wildman–Crippen MR) is 105 cm³/mol. The molecule has 9 heteroatoms. The van der Waals surface area contributed by atoms with Crippen LogP contribution in [0.1, 0.15) is 17.5 Å². The van der Waals surface area contributed by atoms with Crippen molar-refractivity contribution in [1.82, 2.24) is 10.6 Å². The molecule has 0 heterocycles. The van der Waals surface area contributed by atoms with Gasteiger partial charge in [0.15, 0.2) is 0 Å². The Kier molecular flexibility index (Phi) is 8.76. The van der Waals surface area contributed by atoms with E-state index in [-0.39, 0.29) is 19.6 Å². The molecule has 0 saturated carbocycles. The molecular weight excluding hydrogens is 395 g/mol. The maximum atomic E-state index is 13.2. The van der Waals surface area contributed by atoms with E-state index in [2.05, 4.69) is 10.6 Å². The molecule has 0 fully saturated rings. The van der Waals surface area contributed by atoms with Crippen LogP contribution in [0.15, 0.2) is 54.6 Å². The quantitative estimate of drug-likeness (QED) is 0.465. The number of amides is 2. The average molecular weight is 418 g/mol. The van der Waals surface area contributed by atoms with Crippen molar-refractivity contribution in [1.29, 1.82) is 0 Å². The minimum Gasteiger partial charge on any atom is -0.480 e. The number of rotatable bonds is 10. The van der Waals surface area contributed by atoms with Crippen molar-refractivity contribution in [2.24, 2.45) is 0 Å². The molecule has 160 valence electrons. The van der Waals surface area contributed by atoms with Crippen LogP contribution in [0.4, 0.5) is 9.18 Å². The third kappa shape index (κ3) is 8.27. The number of hydrogen-bond acceptors (Lipinski definition) is 5. The zero-order valence-corrected chi connectivity index (χ0v) is 16.1. The van der Waals surface area contributed by atoms with Crippen LogP contribution in [0, 0.1) is 5.82 Å². The number of ether oxygens (including phenoxy) is 1. The Hall–Kier alpha value is -3.46. The van der Waals surface area contributed by atoms with Crippen molar-refractivity contribution in [3.63, 3.8) is 0 Å². The summed E-state index contributed by atoms with van der Waals surface area (Å²) in [5.74, 6) is -2.51. The Labute approximate surface area is 172 Å². The highest BCUT2D eigenvalue weighted by molar-refractivity contribution is 5.84. The van der Waals surface area contributed by atoms with E-state index >= 15 is 0 Å². The molecule has 0 radical (unpaired) electrons. The van der Waals surface area contributed by atoms with Gasteiger partial charge in [-0.15, -0.1) is 0 Å². The summed E-state index contributed by atoms with van der Waals surface area (Å²) in [5, 5.41) is 23.8. The molecule has 0 spiro atoms. The maximum Gasteiger partial charge on any atom is 0.407 e. The average Bonchev–Trinajstić information content (AvgIpc) is 2.71. The van der Waals surface area contributed by atoms with Gasteiger partial charge in [-0.1, -0.05) is 42.5 Å². The molecule has 2 aromatic rings. The van der Waals surface area contributed by atoms with Crippen LogP contribution >= 0.6 is 0 Å². The Morgan fingerprint density at radius 1 is 1.03 bits per heavy atom. The molecule has 2 aromatic carbocycles. The van der Waals surface area contributed by atoms with E-state index in [0.717, 1.165) is 5.56 Å². The van der Waals surface area contributed by atoms with Crippen LogP contribution in [0.25, 0.3) is 0 Å². The molecule has 4 N–H and O–H groups in total. The number of aliphatic hydroxyl groups is 1. The minimum absolute atomic E-state index is 0.0592. The van der Waals surface area contributed by atoms with E-state index in [0.29, 0.717) is 5.56 Å². The molecule has 2 amide bonds. The van der Waals surface area contributed by atoms with Crippen LogP contribution < -0.4 is 10.6 Å². The molecule has 0 unspecified atom stereocenters. The number of carboxylic acid groups (broad SMARTS) is 1. The third-order valence-corrected chi connectivity index (χ3v) is 4.08. The summed E-state index contributed by atoms with van der Waals surface area (Å²) in [7, 11) is 0. The molecule has 0 bridgehead atoms. The number of aliphatic carboxylic acids is 1. The second kappa shape index (κ2) is 11.5. The number of carboxylic acids is 1. The zero-order chi connectivity index (χ0) is 21.9. The van der Waals surface area contributed by atoms with Gasteiger partial charge in [-0.25, -0.2) is 14.0 Å². The summed E-state index contributed by atoms with van der Waals surface area (Å²) in [5.41, 5.74) is 1.21. The van der Waals surface area contributed by atoms with Crippen LogP contribution in [0.5, 0.6) is 0 Å². The van der Waals surface area contributed by atoms with E-state index < -0.39 is 42.4 Å². The zero-order valence-electron chi connectivity index (χ0n) is 16.1. The van der Waals surface area contributed by atoms with Gasteiger partial charge in [0.2, 0.25) is 5.91 Å². The largest absolute Gasteiger partial charge is 0.480 e. The van der Waals surface area contributed by atoms with Crippen molar-refractivity contribution in [2.45, 2.75) is 31.6 Å². The summed E-state index contributed by atoms with van der Waals surface area (Å²) < 4.78 is 18.2. The lowest BCUT2D eigenvalue weighted by Gasteiger charge is -2.17. The first-order valence-electron chi connectivity index (χ1n) is 9.22. The van der Waals surface area contributed by atoms with Gasteiger partial charge < -0.3 is 25.6 Å². The fourth-order valence-electron chi connectivity index (χ4n) is 2.61. The van der Waals surface area contributed by atoms with Gasteiger partial charge in [-0.2, -0.15) is 0 Å². The molecule has 2 rings (SSSR count). The number of carbonyl (C=O) groups excluding carboxylic acids is 2. The highest BCUT2D eigenvalue weighted by Crippen LogP contribution is 2.07.